The van der Waals surface area contributed by atoms with Gasteiger partial charge in [-0.25, -0.2) is 0 Å². The topological polar surface area (TPSA) is 38.5 Å². The van der Waals surface area contributed by atoms with E-state index in [4.69, 9.17) is 10.5 Å². The maximum absolute atomic E-state index is 6.02. The Morgan fingerprint density at radius 2 is 2.32 bits per heavy atom. The highest BCUT2D eigenvalue weighted by Gasteiger charge is 2.25. The molecule has 1 aromatic carbocycles. The summed E-state index contributed by atoms with van der Waals surface area (Å²) in [5.74, 6) is 0. The van der Waals surface area contributed by atoms with Gasteiger partial charge in [-0.15, -0.1) is 0 Å². The molecule has 4 heteroatoms. The number of nitrogens with zero attached hydrogens (tertiary/aromatic N) is 1. The number of nitrogens with two attached hydrogens (primary N) is 1. The monoisotopic (exact) mass is 326 g/mol. The van der Waals surface area contributed by atoms with Crippen molar-refractivity contribution in [2.45, 2.75) is 32.4 Å². The highest BCUT2D eigenvalue weighted by atomic mass is 79.9. The molecule has 0 bridgehead atoms. The average molecular weight is 327 g/mol. The summed E-state index contributed by atoms with van der Waals surface area (Å²) >= 11 is 3.55. The maximum atomic E-state index is 6.02. The van der Waals surface area contributed by atoms with Crippen molar-refractivity contribution < 1.29 is 4.74 Å². The fraction of sp³-hybridized carbons (Fsp3) is 0.600. The van der Waals surface area contributed by atoms with Gasteiger partial charge < -0.3 is 10.5 Å². The fourth-order valence-electron chi connectivity index (χ4n) is 2.64. The number of hydrogen-bond donors (Lipinski definition) is 1. The quantitative estimate of drug-likeness (QED) is 0.924. The molecule has 1 heterocycles. The van der Waals surface area contributed by atoms with Crippen LogP contribution < -0.4 is 5.73 Å². The van der Waals surface area contributed by atoms with Crippen LogP contribution in [0.2, 0.25) is 0 Å². The molecular formula is C15H23BrN2O. The molecule has 1 aromatic rings. The van der Waals surface area contributed by atoms with Crippen LogP contribution >= 0.6 is 15.9 Å². The summed E-state index contributed by atoms with van der Waals surface area (Å²) in [6, 6.07) is 6.82. The van der Waals surface area contributed by atoms with Crippen molar-refractivity contribution in [3.05, 3.63) is 33.8 Å². The molecule has 106 valence electrons. The van der Waals surface area contributed by atoms with Gasteiger partial charge in [0.2, 0.25) is 0 Å². The Bertz CT molecular complexity index is 425. The van der Waals surface area contributed by atoms with Crippen molar-refractivity contribution in [1.82, 2.24) is 4.90 Å². The van der Waals surface area contributed by atoms with Gasteiger partial charge in [-0.3, -0.25) is 4.90 Å². The van der Waals surface area contributed by atoms with Gasteiger partial charge in [-0.05, 0) is 30.5 Å². The third kappa shape index (κ3) is 3.57. The van der Waals surface area contributed by atoms with E-state index < -0.39 is 0 Å². The predicted molar refractivity (Wildman–Crippen MR) is 82.3 cm³/mol. The minimum absolute atomic E-state index is 0.296. The van der Waals surface area contributed by atoms with Gasteiger partial charge in [-0.1, -0.05) is 35.0 Å². The summed E-state index contributed by atoms with van der Waals surface area (Å²) in [4.78, 5) is 2.46. The first kappa shape index (κ1) is 15.0. The van der Waals surface area contributed by atoms with Crippen LogP contribution in [0, 0.1) is 6.92 Å². The Hall–Kier alpha value is -0.420. The molecule has 0 amide bonds. The highest BCUT2D eigenvalue weighted by molar-refractivity contribution is 9.10. The van der Waals surface area contributed by atoms with Crippen LogP contribution in [-0.2, 0) is 4.74 Å². The standard InChI is InChI=1S/C15H23BrN2O/c1-3-13-10-18(6-7-19-13)15(9-17)12-4-5-14(16)11(2)8-12/h4-5,8,13,15H,3,6-7,9-10,17H2,1-2H3. The summed E-state index contributed by atoms with van der Waals surface area (Å²) in [5.41, 5.74) is 8.58. The molecule has 0 saturated carbocycles. The minimum Gasteiger partial charge on any atom is -0.376 e. The van der Waals surface area contributed by atoms with Gasteiger partial charge in [-0.2, -0.15) is 0 Å². The van der Waals surface area contributed by atoms with E-state index in [0.29, 0.717) is 18.7 Å². The third-order valence-electron chi connectivity index (χ3n) is 3.86. The van der Waals surface area contributed by atoms with E-state index in [1.54, 1.807) is 0 Å². The molecule has 1 aliphatic rings. The van der Waals surface area contributed by atoms with E-state index in [9.17, 15) is 0 Å². The van der Waals surface area contributed by atoms with Gasteiger partial charge >= 0.3 is 0 Å². The molecule has 1 fully saturated rings. The van der Waals surface area contributed by atoms with Crippen LogP contribution in [0.3, 0.4) is 0 Å². The molecule has 3 nitrogen and oxygen atoms in total. The van der Waals surface area contributed by atoms with E-state index in [1.165, 1.54) is 11.1 Å². The lowest BCUT2D eigenvalue weighted by molar-refractivity contribution is -0.0437. The number of rotatable bonds is 4. The fourth-order valence-corrected chi connectivity index (χ4v) is 2.89. The van der Waals surface area contributed by atoms with Crippen LogP contribution in [0.1, 0.15) is 30.5 Å². The molecule has 1 aliphatic heterocycles. The summed E-state index contributed by atoms with van der Waals surface area (Å²) in [6.45, 7) is 7.70. The Morgan fingerprint density at radius 3 is 2.95 bits per heavy atom. The van der Waals surface area contributed by atoms with E-state index in [-0.39, 0.29) is 0 Å². The normalized spacial score (nSPS) is 22.4. The van der Waals surface area contributed by atoms with Crippen molar-refractivity contribution >= 4 is 15.9 Å². The van der Waals surface area contributed by atoms with Gasteiger partial charge in [0.15, 0.2) is 0 Å². The van der Waals surface area contributed by atoms with Crippen LogP contribution in [0.15, 0.2) is 22.7 Å². The van der Waals surface area contributed by atoms with E-state index >= 15 is 0 Å². The highest BCUT2D eigenvalue weighted by Crippen LogP contribution is 2.26. The Labute approximate surface area is 124 Å². The number of benzene rings is 1. The maximum Gasteiger partial charge on any atom is 0.0700 e. The Morgan fingerprint density at radius 1 is 1.53 bits per heavy atom. The van der Waals surface area contributed by atoms with Crippen molar-refractivity contribution in [3.8, 4) is 0 Å². The first-order valence-corrected chi connectivity index (χ1v) is 7.76. The summed E-state index contributed by atoms with van der Waals surface area (Å²) in [5, 5.41) is 0. The summed E-state index contributed by atoms with van der Waals surface area (Å²) in [6.07, 6.45) is 1.41. The van der Waals surface area contributed by atoms with Crippen LogP contribution in [0.25, 0.3) is 0 Å². The third-order valence-corrected chi connectivity index (χ3v) is 4.75. The SMILES string of the molecule is CCC1CN(C(CN)c2ccc(Br)c(C)c2)CCO1. The van der Waals surface area contributed by atoms with E-state index in [2.05, 4.69) is 52.9 Å². The molecule has 0 radical (unpaired) electrons. The van der Waals surface area contributed by atoms with Gasteiger partial charge in [0.1, 0.15) is 0 Å². The molecule has 2 atom stereocenters. The number of halogens is 1. The molecule has 0 aromatic heterocycles. The lowest BCUT2D eigenvalue weighted by atomic mass is 10.0. The lowest BCUT2D eigenvalue weighted by Crippen LogP contribution is -2.46. The van der Waals surface area contributed by atoms with Crippen molar-refractivity contribution in [2.75, 3.05) is 26.2 Å². The van der Waals surface area contributed by atoms with Crippen molar-refractivity contribution in [2.24, 2.45) is 5.73 Å². The second-order valence-corrected chi connectivity index (χ2v) is 6.01. The second-order valence-electron chi connectivity index (χ2n) is 5.16. The van der Waals surface area contributed by atoms with Crippen molar-refractivity contribution in [3.63, 3.8) is 0 Å². The Balaban J connectivity index is 2.16. The predicted octanol–water partition coefficient (Wildman–Crippen LogP) is 2.87. The first-order chi connectivity index (χ1) is 9.15. The smallest absolute Gasteiger partial charge is 0.0700 e. The molecule has 2 rings (SSSR count). The zero-order valence-corrected chi connectivity index (χ0v) is 13.3. The molecule has 0 spiro atoms. The second kappa shape index (κ2) is 6.84. The first-order valence-electron chi connectivity index (χ1n) is 6.97. The zero-order chi connectivity index (χ0) is 13.8. The molecule has 2 N–H and O–H groups in total. The van der Waals surface area contributed by atoms with E-state index in [0.717, 1.165) is 30.6 Å². The van der Waals surface area contributed by atoms with Crippen LogP contribution in [0.5, 0.6) is 0 Å². The van der Waals surface area contributed by atoms with Crippen molar-refractivity contribution in [1.29, 1.82) is 0 Å². The molecule has 1 saturated heterocycles. The minimum atomic E-state index is 0.296. The summed E-state index contributed by atoms with van der Waals surface area (Å²) in [7, 11) is 0. The van der Waals surface area contributed by atoms with Gasteiger partial charge in [0.05, 0.1) is 12.7 Å². The zero-order valence-electron chi connectivity index (χ0n) is 11.7. The molecule has 2 unspecified atom stereocenters. The number of morpholine rings is 1. The number of aryl methyl sites for hydroxylation is 1. The molecule has 0 aliphatic carbocycles. The van der Waals surface area contributed by atoms with Gasteiger partial charge in [0, 0.05) is 30.1 Å². The van der Waals surface area contributed by atoms with E-state index in [1.807, 2.05) is 0 Å². The molecule has 19 heavy (non-hydrogen) atoms. The molecular weight excluding hydrogens is 304 g/mol. The largest absolute Gasteiger partial charge is 0.376 e. The summed E-state index contributed by atoms with van der Waals surface area (Å²) < 4.78 is 6.89. The van der Waals surface area contributed by atoms with Crippen LogP contribution in [-0.4, -0.2) is 37.2 Å². The van der Waals surface area contributed by atoms with Gasteiger partial charge in [0.25, 0.3) is 0 Å². The lowest BCUT2D eigenvalue weighted by Gasteiger charge is -2.38. The Kier molecular flexibility index (Phi) is 5.39. The van der Waals surface area contributed by atoms with Crippen LogP contribution in [0.4, 0.5) is 0 Å². The number of hydrogen-bond acceptors (Lipinski definition) is 3. The number of ether oxygens (including phenoxy) is 1. The average Bonchev–Trinajstić information content (AvgIpc) is 2.44.